The first-order valence-corrected chi connectivity index (χ1v) is 5.40. The molecule has 1 unspecified atom stereocenters. The second-order valence-electron chi connectivity index (χ2n) is 4.04. The molecule has 0 saturated carbocycles. The number of nitrogens with one attached hydrogen (secondary N) is 1. The Morgan fingerprint density at radius 1 is 1.08 bits per heavy atom. The van der Waals surface area contributed by atoms with Gasteiger partial charge < -0.3 is 10.1 Å². The van der Waals surface area contributed by atoms with Gasteiger partial charge in [0.2, 0.25) is 0 Å². The summed E-state index contributed by atoms with van der Waals surface area (Å²) in [6.07, 6.45) is 3.72. The van der Waals surface area contributed by atoms with Crippen LogP contribution < -0.4 is 5.32 Å². The molecule has 80 valence electrons. The van der Waals surface area contributed by atoms with E-state index in [0.717, 1.165) is 19.1 Å². The quantitative estimate of drug-likeness (QED) is 0.589. The van der Waals surface area contributed by atoms with Crippen LogP contribution in [0, 0.1) is 5.92 Å². The number of ether oxygens (including phenoxy) is 1. The molecule has 2 heteroatoms. The summed E-state index contributed by atoms with van der Waals surface area (Å²) in [5.74, 6) is 0.735. The van der Waals surface area contributed by atoms with Crippen molar-refractivity contribution >= 4 is 0 Å². The highest BCUT2D eigenvalue weighted by Gasteiger charge is 2.04. The molecule has 0 aromatic carbocycles. The zero-order valence-electron chi connectivity index (χ0n) is 9.60. The lowest BCUT2D eigenvalue weighted by Gasteiger charge is -2.17. The van der Waals surface area contributed by atoms with Gasteiger partial charge in [-0.25, -0.2) is 0 Å². The molecule has 13 heavy (non-hydrogen) atoms. The molecule has 0 bridgehead atoms. The monoisotopic (exact) mass is 187 g/mol. The number of rotatable bonds is 8. The fourth-order valence-corrected chi connectivity index (χ4v) is 1.11. The Morgan fingerprint density at radius 2 is 1.77 bits per heavy atom. The van der Waals surface area contributed by atoms with E-state index in [9.17, 15) is 0 Å². The molecular formula is C11H25NO. The number of hydrogen-bond donors (Lipinski definition) is 1. The zero-order valence-corrected chi connectivity index (χ0v) is 9.60. The summed E-state index contributed by atoms with van der Waals surface area (Å²) in [6.45, 7) is 8.80. The third kappa shape index (κ3) is 8.26. The number of hydrogen-bond acceptors (Lipinski definition) is 2. The highest BCUT2D eigenvalue weighted by Crippen LogP contribution is 2.00. The molecule has 2 nitrogen and oxygen atoms in total. The predicted molar refractivity (Wildman–Crippen MR) is 58.0 cm³/mol. The average molecular weight is 187 g/mol. The Labute approximate surface area is 83.1 Å². The van der Waals surface area contributed by atoms with E-state index in [1.54, 1.807) is 7.11 Å². The standard InChI is InChI=1S/C11H25NO/c1-10(2)11(3)12-8-6-5-7-9-13-4/h10-12H,5-9H2,1-4H3. The first-order valence-electron chi connectivity index (χ1n) is 5.40. The van der Waals surface area contributed by atoms with E-state index in [1.165, 1.54) is 19.3 Å². The van der Waals surface area contributed by atoms with Crippen molar-refractivity contribution in [2.45, 2.75) is 46.1 Å². The largest absolute Gasteiger partial charge is 0.385 e. The summed E-state index contributed by atoms with van der Waals surface area (Å²) in [7, 11) is 1.76. The second kappa shape index (κ2) is 8.52. The topological polar surface area (TPSA) is 21.3 Å². The molecule has 0 fully saturated rings. The van der Waals surface area contributed by atoms with Gasteiger partial charge >= 0.3 is 0 Å². The van der Waals surface area contributed by atoms with E-state index in [2.05, 4.69) is 26.1 Å². The van der Waals surface area contributed by atoms with Gasteiger partial charge in [-0.3, -0.25) is 0 Å². The average Bonchev–Trinajstić information content (AvgIpc) is 2.10. The fourth-order valence-electron chi connectivity index (χ4n) is 1.11. The van der Waals surface area contributed by atoms with E-state index in [4.69, 9.17) is 4.74 Å². The molecule has 0 aliphatic rings. The van der Waals surface area contributed by atoms with Crippen molar-refractivity contribution in [1.29, 1.82) is 0 Å². The molecule has 0 aromatic rings. The number of unbranched alkanes of at least 4 members (excludes halogenated alkanes) is 2. The highest BCUT2D eigenvalue weighted by molar-refractivity contribution is 4.63. The first-order chi connectivity index (χ1) is 6.18. The SMILES string of the molecule is COCCCCCNC(C)C(C)C. The lowest BCUT2D eigenvalue weighted by atomic mass is 10.1. The van der Waals surface area contributed by atoms with Crippen LogP contribution in [0.2, 0.25) is 0 Å². The fraction of sp³-hybridized carbons (Fsp3) is 1.00. The summed E-state index contributed by atoms with van der Waals surface area (Å²) in [4.78, 5) is 0. The van der Waals surface area contributed by atoms with E-state index in [0.29, 0.717) is 6.04 Å². The lowest BCUT2D eigenvalue weighted by Crippen LogP contribution is -2.31. The molecule has 1 atom stereocenters. The summed E-state index contributed by atoms with van der Waals surface area (Å²) < 4.78 is 4.99. The highest BCUT2D eigenvalue weighted by atomic mass is 16.5. The van der Waals surface area contributed by atoms with Crippen molar-refractivity contribution in [2.24, 2.45) is 5.92 Å². The minimum atomic E-state index is 0.641. The predicted octanol–water partition coefficient (Wildman–Crippen LogP) is 2.44. The normalized spacial score (nSPS) is 13.6. The van der Waals surface area contributed by atoms with Crippen molar-refractivity contribution < 1.29 is 4.74 Å². The van der Waals surface area contributed by atoms with Gasteiger partial charge in [0.15, 0.2) is 0 Å². The van der Waals surface area contributed by atoms with Crippen molar-refractivity contribution in [3.63, 3.8) is 0 Å². The zero-order chi connectivity index (χ0) is 10.1. The van der Waals surface area contributed by atoms with Crippen molar-refractivity contribution in [3.05, 3.63) is 0 Å². The molecule has 0 aromatic heterocycles. The molecule has 0 amide bonds. The van der Waals surface area contributed by atoms with Crippen LogP contribution in [0.15, 0.2) is 0 Å². The first kappa shape index (κ1) is 12.9. The smallest absolute Gasteiger partial charge is 0.0462 e. The van der Waals surface area contributed by atoms with Crippen LogP contribution in [0.4, 0.5) is 0 Å². The van der Waals surface area contributed by atoms with Crippen molar-refractivity contribution in [3.8, 4) is 0 Å². The van der Waals surface area contributed by atoms with Crippen LogP contribution >= 0.6 is 0 Å². The third-order valence-electron chi connectivity index (χ3n) is 2.49. The molecule has 0 aliphatic heterocycles. The van der Waals surface area contributed by atoms with Crippen LogP contribution in [0.5, 0.6) is 0 Å². The van der Waals surface area contributed by atoms with Crippen LogP contribution in [0.1, 0.15) is 40.0 Å². The Balaban J connectivity index is 3.07. The Hall–Kier alpha value is -0.0800. The molecule has 1 N–H and O–H groups in total. The van der Waals surface area contributed by atoms with Crippen LogP contribution in [-0.2, 0) is 4.74 Å². The molecule has 0 saturated heterocycles. The van der Waals surface area contributed by atoms with E-state index in [1.807, 2.05) is 0 Å². The van der Waals surface area contributed by atoms with Crippen LogP contribution in [0.25, 0.3) is 0 Å². The van der Waals surface area contributed by atoms with Gasteiger partial charge in [0.1, 0.15) is 0 Å². The Kier molecular flexibility index (Phi) is 8.46. The maximum atomic E-state index is 4.99. The van der Waals surface area contributed by atoms with Gasteiger partial charge in [-0.05, 0) is 38.6 Å². The molecule has 0 spiro atoms. The minimum absolute atomic E-state index is 0.641. The molecule has 0 heterocycles. The Bertz CT molecular complexity index is 104. The van der Waals surface area contributed by atoms with Crippen molar-refractivity contribution in [1.82, 2.24) is 5.32 Å². The van der Waals surface area contributed by atoms with Gasteiger partial charge in [0.25, 0.3) is 0 Å². The van der Waals surface area contributed by atoms with Crippen molar-refractivity contribution in [2.75, 3.05) is 20.3 Å². The summed E-state index contributed by atoms with van der Waals surface area (Å²) in [5.41, 5.74) is 0. The van der Waals surface area contributed by atoms with Gasteiger partial charge in [-0.1, -0.05) is 13.8 Å². The number of methoxy groups -OCH3 is 1. The van der Waals surface area contributed by atoms with E-state index in [-0.39, 0.29) is 0 Å². The second-order valence-corrected chi connectivity index (χ2v) is 4.04. The van der Waals surface area contributed by atoms with Gasteiger partial charge in [0, 0.05) is 19.8 Å². The Morgan fingerprint density at radius 3 is 2.31 bits per heavy atom. The van der Waals surface area contributed by atoms with Gasteiger partial charge in [-0.15, -0.1) is 0 Å². The third-order valence-corrected chi connectivity index (χ3v) is 2.49. The molecule has 0 rings (SSSR count). The summed E-state index contributed by atoms with van der Waals surface area (Å²) in [6, 6.07) is 0.641. The molecular weight excluding hydrogens is 162 g/mol. The van der Waals surface area contributed by atoms with Crippen LogP contribution in [0.3, 0.4) is 0 Å². The van der Waals surface area contributed by atoms with E-state index < -0.39 is 0 Å². The molecule has 0 aliphatic carbocycles. The summed E-state index contributed by atoms with van der Waals surface area (Å²) >= 11 is 0. The maximum Gasteiger partial charge on any atom is 0.0462 e. The molecule has 0 radical (unpaired) electrons. The minimum Gasteiger partial charge on any atom is -0.385 e. The van der Waals surface area contributed by atoms with Gasteiger partial charge in [0.05, 0.1) is 0 Å². The summed E-state index contributed by atoms with van der Waals surface area (Å²) in [5, 5.41) is 3.52. The maximum absolute atomic E-state index is 4.99. The van der Waals surface area contributed by atoms with Gasteiger partial charge in [-0.2, -0.15) is 0 Å². The lowest BCUT2D eigenvalue weighted by molar-refractivity contribution is 0.192. The van der Waals surface area contributed by atoms with E-state index >= 15 is 0 Å². The van der Waals surface area contributed by atoms with Crippen LogP contribution in [-0.4, -0.2) is 26.3 Å².